The second-order valence-corrected chi connectivity index (χ2v) is 8.31. The molecule has 4 aromatic rings. The average molecular weight is 489 g/mol. The van der Waals surface area contributed by atoms with Crippen molar-refractivity contribution in [3.63, 3.8) is 0 Å². The number of carbonyl (C=O) groups excluding carboxylic acids is 1. The van der Waals surface area contributed by atoms with E-state index in [0.29, 0.717) is 30.8 Å². The Balaban J connectivity index is 1.38. The second kappa shape index (κ2) is 11.9. The maximum atomic E-state index is 13.4. The molecule has 0 aliphatic carbocycles. The monoisotopic (exact) mass is 488 g/mol. The van der Waals surface area contributed by atoms with E-state index in [2.05, 4.69) is 5.32 Å². The minimum atomic E-state index is -0.339. The number of benzene rings is 3. The van der Waals surface area contributed by atoms with Crippen molar-refractivity contribution in [3.8, 4) is 5.75 Å². The van der Waals surface area contributed by atoms with Crippen molar-refractivity contribution in [1.82, 2.24) is 9.88 Å². The van der Waals surface area contributed by atoms with Crippen molar-refractivity contribution >= 4 is 5.91 Å². The highest BCUT2D eigenvalue weighted by atomic mass is 19.1. The van der Waals surface area contributed by atoms with Crippen LogP contribution in [-0.2, 0) is 6.54 Å². The van der Waals surface area contributed by atoms with Crippen LogP contribution in [0, 0.1) is 11.6 Å². The van der Waals surface area contributed by atoms with Crippen molar-refractivity contribution in [1.29, 1.82) is 0 Å². The lowest BCUT2D eigenvalue weighted by Gasteiger charge is -2.19. The van der Waals surface area contributed by atoms with Gasteiger partial charge in [0.25, 0.3) is 11.5 Å². The van der Waals surface area contributed by atoms with Crippen molar-refractivity contribution in [2.45, 2.75) is 18.9 Å². The zero-order valence-corrected chi connectivity index (χ0v) is 19.6. The molecule has 3 aromatic carbocycles. The Labute approximate surface area is 208 Å². The van der Waals surface area contributed by atoms with Gasteiger partial charge in [-0.15, -0.1) is 0 Å². The SMILES string of the molecule is O=C(NCCC(c1ccc(F)cc1)c1ccc(F)cc1)c1ccc(=O)n(CCOc2ccccc2)c1. The smallest absolute Gasteiger partial charge is 0.252 e. The summed E-state index contributed by atoms with van der Waals surface area (Å²) < 4.78 is 34.0. The van der Waals surface area contributed by atoms with E-state index in [4.69, 9.17) is 4.74 Å². The summed E-state index contributed by atoms with van der Waals surface area (Å²) in [6.45, 7) is 0.909. The first-order valence-electron chi connectivity index (χ1n) is 11.7. The van der Waals surface area contributed by atoms with E-state index in [9.17, 15) is 18.4 Å². The molecule has 0 unspecified atom stereocenters. The molecule has 0 saturated heterocycles. The molecule has 7 heteroatoms. The molecule has 36 heavy (non-hydrogen) atoms. The number of para-hydroxylation sites is 1. The summed E-state index contributed by atoms with van der Waals surface area (Å²) in [6.07, 6.45) is 2.04. The Bertz CT molecular complexity index is 1290. The zero-order chi connectivity index (χ0) is 25.3. The van der Waals surface area contributed by atoms with Gasteiger partial charge in [-0.25, -0.2) is 8.78 Å². The number of hydrogen-bond donors (Lipinski definition) is 1. The predicted octanol–water partition coefficient (Wildman–Crippen LogP) is 5.16. The summed E-state index contributed by atoms with van der Waals surface area (Å²) in [4.78, 5) is 25.0. The van der Waals surface area contributed by atoms with Crippen LogP contribution in [0.2, 0.25) is 0 Å². The maximum absolute atomic E-state index is 13.4. The van der Waals surface area contributed by atoms with Crippen LogP contribution >= 0.6 is 0 Å². The quantitative estimate of drug-likeness (QED) is 0.336. The fourth-order valence-electron chi connectivity index (χ4n) is 3.97. The Morgan fingerprint density at radius 1 is 0.833 bits per heavy atom. The van der Waals surface area contributed by atoms with Crippen molar-refractivity contribution < 1.29 is 18.3 Å². The van der Waals surface area contributed by atoms with E-state index >= 15 is 0 Å². The number of amides is 1. The minimum absolute atomic E-state index is 0.157. The van der Waals surface area contributed by atoms with Crippen LogP contribution in [0.5, 0.6) is 5.75 Å². The molecular formula is C29H26F2N2O3. The number of nitrogens with one attached hydrogen (secondary N) is 1. The summed E-state index contributed by atoms with van der Waals surface area (Å²) in [5.41, 5.74) is 1.86. The molecule has 0 aliphatic rings. The second-order valence-electron chi connectivity index (χ2n) is 8.31. The number of carbonyl (C=O) groups is 1. The van der Waals surface area contributed by atoms with Crippen LogP contribution in [0.3, 0.4) is 0 Å². The topological polar surface area (TPSA) is 60.3 Å². The molecule has 0 atom stereocenters. The van der Waals surface area contributed by atoms with E-state index in [1.165, 1.54) is 47.2 Å². The van der Waals surface area contributed by atoms with Gasteiger partial charge in [-0.05, 0) is 60.0 Å². The molecule has 1 aromatic heterocycles. The lowest BCUT2D eigenvalue weighted by atomic mass is 9.88. The van der Waals surface area contributed by atoms with Gasteiger partial charge in [0.1, 0.15) is 24.0 Å². The van der Waals surface area contributed by atoms with E-state index in [-0.39, 0.29) is 35.6 Å². The maximum Gasteiger partial charge on any atom is 0.252 e. The van der Waals surface area contributed by atoms with E-state index in [1.54, 1.807) is 24.3 Å². The van der Waals surface area contributed by atoms with Gasteiger partial charge in [-0.3, -0.25) is 9.59 Å². The molecule has 0 saturated carbocycles. The van der Waals surface area contributed by atoms with Crippen LogP contribution in [0.1, 0.15) is 33.8 Å². The Morgan fingerprint density at radius 2 is 1.44 bits per heavy atom. The van der Waals surface area contributed by atoms with E-state index in [1.807, 2.05) is 30.3 Å². The normalized spacial score (nSPS) is 10.9. The molecule has 184 valence electrons. The number of nitrogens with zero attached hydrogens (tertiary/aromatic N) is 1. The largest absolute Gasteiger partial charge is 0.492 e. The number of halogens is 2. The molecule has 0 radical (unpaired) electrons. The first-order valence-corrected chi connectivity index (χ1v) is 11.7. The molecule has 0 aliphatic heterocycles. The van der Waals surface area contributed by atoms with E-state index in [0.717, 1.165) is 11.1 Å². The van der Waals surface area contributed by atoms with Gasteiger partial charge in [0.05, 0.1) is 12.1 Å². The summed E-state index contributed by atoms with van der Waals surface area (Å²) in [6, 6.07) is 24.4. The summed E-state index contributed by atoms with van der Waals surface area (Å²) in [7, 11) is 0. The molecule has 1 amide bonds. The predicted molar refractivity (Wildman–Crippen MR) is 134 cm³/mol. The van der Waals surface area contributed by atoms with Crippen molar-refractivity contribution in [2.24, 2.45) is 0 Å². The molecule has 0 bridgehead atoms. The van der Waals surface area contributed by atoms with Crippen LogP contribution in [0.25, 0.3) is 0 Å². The molecule has 1 heterocycles. The van der Waals surface area contributed by atoms with Crippen molar-refractivity contribution in [2.75, 3.05) is 13.2 Å². The molecule has 5 nitrogen and oxygen atoms in total. The third-order valence-corrected chi connectivity index (χ3v) is 5.85. The Kier molecular flexibility index (Phi) is 8.24. The van der Waals surface area contributed by atoms with Gasteiger partial charge < -0.3 is 14.6 Å². The lowest BCUT2D eigenvalue weighted by Crippen LogP contribution is -2.29. The Hall–Kier alpha value is -4.26. The lowest BCUT2D eigenvalue weighted by molar-refractivity contribution is 0.0951. The van der Waals surface area contributed by atoms with Crippen LogP contribution in [0.4, 0.5) is 8.78 Å². The average Bonchev–Trinajstić information content (AvgIpc) is 2.89. The van der Waals surface area contributed by atoms with Gasteiger partial charge in [0.2, 0.25) is 0 Å². The molecule has 0 fully saturated rings. The standard InChI is InChI=1S/C29H26F2N2O3/c30-24-11-6-21(7-12-24)27(22-8-13-25(31)14-9-22)16-17-32-29(35)23-10-15-28(34)33(20-23)18-19-36-26-4-2-1-3-5-26/h1-15,20,27H,16-19H2,(H,32,35). The van der Waals surface area contributed by atoms with E-state index < -0.39 is 0 Å². The Morgan fingerprint density at radius 3 is 2.06 bits per heavy atom. The first kappa shape index (κ1) is 24.9. The zero-order valence-electron chi connectivity index (χ0n) is 19.6. The highest BCUT2D eigenvalue weighted by Crippen LogP contribution is 2.28. The first-order chi connectivity index (χ1) is 17.5. The van der Waals surface area contributed by atoms with Gasteiger partial charge in [-0.2, -0.15) is 0 Å². The number of pyridine rings is 1. The summed E-state index contributed by atoms with van der Waals surface area (Å²) in [5.74, 6) is -0.444. The summed E-state index contributed by atoms with van der Waals surface area (Å²) >= 11 is 0. The summed E-state index contributed by atoms with van der Waals surface area (Å²) in [5, 5.41) is 2.89. The molecule has 0 spiro atoms. The van der Waals surface area contributed by atoms with Gasteiger partial charge in [0.15, 0.2) is 0 Å². The fraction of sp³-hybridized carbons (Fsp3) is 0.172. The fourth-order valence-corrected chi connectivity index (χ4v) is 3.97. The third-order valence-electron chi connectivity index (χ3n) is 5.85. The highest BCUT2D eigenvalue weighted by molar-refractivity contribution is 5.93. The van der Waals surface area contributed by atoms with Crippen LogP contribution < -0.4 is 15.6 Å². The number of aromatic nitrogens is 1. The molecule has 4 rings (SSSR count). The molecule has 1 N–H and O–H groups in total. The van der Waals surface area contributed by atoms with Gasteiger partial charge in [0, 0.05) is 24.7 Å². The minimum Gasteiger partial charge on any atom is -0.492 e. The third kappa shape index (κ3) is 6.66. The molecular weight excluding hydrogens is 462 g/mol. The number of hydrogen-bond acceptors (Lipinski definition) is 3. The van der Waals surface area contributed by atoms with Gasteiger partial charge >= 0.3 is 0 Å². The van der Waals surface area contributed by atoms with Gasteiger partial charge in [-0.1, -0.05) is 42.5 Å². The number of ether oxygens (including phenoxy) is 1. The van der Waals surface area contributed by atoms with Crippen LogP contribution in [0.15, 0.2) is 102 Å². The van der Waals surface area contributed by atoms with Crippen molar-refractivity contribution in [3.05, 3.63) is 136 Å². The number of rotatable bonds is 10. The highest BCUT2D eigenvalue weighted by Gasteiger charge is 2.16. The van der Waals surface area contributed by atoms with Crippen LogP contribution in [-0.4, -0.2) is 23.6 Å².